The molecule has 7 heteroatoms. The molecule has 202 valence electrons. The summed E-state index contributed by atoms with van der Waals surface area (Å²) in [5.74, 6) is -0.723. The number of hydrogen-bond acceptors (Lipinski definition) is 4. The number of unbranched alkanes of at least 4 members (excludes halogenated alkanes) is 12. The second-order valence-electron chi connectivity index (χ2n) is 9.14. The van der Waals surface area contributed by atoms with E-state index >= 15 is 0 Å². The van der Waals surface area contributed by atoms with Gasteiger partial charge in [-0.05, 0) is 32.1 Å². The highest BCUT2D eigenvalue weighted by Crippen LogP contribution is 2.12. The van der Waals surface area contributed by atoms with E-state index in [0.29, 0.717) is 26.0 Å². The van der Waals surface area contributed by atoms with Crippen LogP contribution in [0.25, 0.3) is 0 Å². The molecule has 7 nitrogen and oxygen atoms in total. The molecule has 0 saturated carbocycles. The van der Waals surface area contributed by atoms with E-state index < -0.39 is 12.0 Å². The third-order valence-corrected chi connectivity index (χ3v) is 5.76. The van der Waals surface area contributed by atoms with Gasteiger partial charge in [0.25, 0.3) is 0 Å². The van der Waals surface area contributed by atoms with E-state index in [2.05, 4.69) is 23.3 Å². The molecule has 0 aliphatic carbocycles. The molecule has 0 saturated heterocycles. The molecule has 0 spiro atoms. The quantitative estimate of drug-likeness (QED) is 0.0423. The van der Waals surface area contributed by atoms with Crippen molar-refractivity contribution in [3.8, 4) is 0 Å². The zero-order chi connectivity index (χ0) is 26.0. The number of hydrogen-bond donors (Lipinski definition) is 3. The van der Waals surface area contributed by atoms with Crippen molar-refractivity contribution in [3.05, 3.63) is 24.3 Å². The Morgan fingerprint density at radius 2 is 1.43 bits per heavy atom. The standard InChI is InChI=1S/C28H52N4O3/c1-3-5-7-8-9-10-11-12-13-14-15-16-17-18-19-22-26(33)32-25(21-20-23-31-28(29)30)27(34)35-24-6-4-2/h17-19,22,25H,3-16,20-21,23-24H2,1-2H3,(H,32,33)(H4,29,30,31)/t25-/m0/s1. The van der Waals surface area contributed by atoms with Crippen molar-refractivity contribution in [3.63, 3.8) is 0 Å². The number of carbonyl (C=O) groups is 2. The van der Waals surface area contributed by atoms with Crippen LogP contribution in [-0.2, 0) is 14.3 Å². The van der Waals surface area contributed by atoms with Crippen LogP contribution in [-0.4, -0.2) is 37.0 Å². The summed E-state index contributed by atoms with van der Waals surface area (Å²) in [7, 11) is 0. The van der Waals surface area contributed by atoms with Crippen molar-refractivity contribution >= 4 is 17.8 Å². The van der Waals surface area contributed by atoms with Crippen LogP contribution in [0.5, 0.6) is 0 Å². The maximum Gasteiger partial charge on any atom is 0.328 e. The first-order chi connectivity index (χ1) is 17.0. The fraction of sp³-hybridized carbons (Fsp3) is 0.750. The Labute approximate surface area is 214 Å². The van der Waals surface area contributed by atoms with Gasteiger partial charge >= 0.3 is 5.97 Å². The maximum absolute atomic E-state index is 12.3. The number of nitrogens with one attached hydrogen (secondary N) is 1. The fourth-order valence-corrected chi connectivity index (χ4v) is 3.63. The Morgan fingerprint density at radius 1 is 0.829 bits per heavy atom. The Kier molecular flexibility index (Phi) is 23.2. The van der Waals surface area contributed by atoms with Crippen molar-refractivity contribution in [2.45, 2.75) is 123 Å². The minimum atomic E-state index is -0.710. The molecule has 0 bridgehead atoms. The molecule has 0 aromatic carbocycles. The normalized spacial score (nSPS) is 12.2. The van der Waals surface area contributed by atoms with E-state index in [1.807, 2.05) is 13.0 Å². The lowest BCUT2D eigenvalue weighted by molar-refractivity contribution is -0.147. The Balaban J connectivity index is 4.09. The van der Waals surface area contributed by atoms with Crippen molar-refractivity contribution in [1.29, 1.82) is 0 Å². The van der Waals surface area contributed by atoms with Crippen LogP contribution in [0.2, 0.25) is 0 Å². The van der Waals surface area contributed by atoms with Crippen LogP contribution in [0.15, 0.2) is 29.3 Å². The number of aliphatic imine (C=N–C) groups is 1. The van der Waals surface area contributed by atoms with Gasteiger partial charge < -0.3 is 21.5 Å². The average Bonchev–Trinajstić information content (AvgIpc) is 2.83. The highest BCUT2D eigenvalue weighted by Gasteiger charge is 2.20. The van der Waals surface area contributed by atoms with Gasteiger partial charge in [0.05, 0.1) is 6.61 Å². The summed E-state index contributed by atoms with van der Waals surface area (Å²) in [6.07, 6.45) is 25.5. The van der Waals surface area contributed by atoms with Crippen LogP contribution < -0.4 is 16.8 Å². The summed E-state index contributed by atoms with van der Waals surface area (Å²) in [4.78, 5) is 28.5. The molecule has 0 aromatic heterocycles. The first-order valence-corrected chi connectivity index (χ1v) is 13.9. The molecule has 1 atom stereocenters. The summed E-state index contributed by atoms with van der Waals surface area (Å²) in [6.45, 7) is 5.04. The Hall–Kier alpha value is -2.31. The molecule has 0 aromatic rings. The summed E-state index contributed by atoms with van der Waals surface area (Å²) in [5, 5.41) is 2.74. The van der Waals surface area contributed by atoms with E-state index in [1.54, 1.807) is 6.08 Å². The predicted molar refractivity (Wildman–Crippen MR) is 147 cm³/mol. The van der Waals surface area contributed by atoms with Crippen molar-refractivity contribution in [2.75, 3.05) is 13.2 Å². The van der Waals surface area contributed by atoms with Gasteiger partial charge in [0.2, 0.25) is 5.91 Å². The summed E-state index contributed by atoms with van der Waals surface area (Å²) in [5.41, 5.74) is 10.7. The smallest absolute Gasteiger partial charge is 0.328 e. The SMILES string of the molecule is CCCCCCCCCCCCCC=CC=CC(=O)N[C@@H](CCCN=C(N)N)C(=O)OCCCC. The van der Waals surface area contributed by atoms with Gasteiger partial charge in [-0.3, -0.25) is 9.79 Å². The number of esters is 1. The lowest BCUT2D eigenvalue weighted by atomic mass is 10.1. The van der Waals surface area contributed by atoms with Gasteiger partial charge in [0.15, 0.2) is 5.96 Å². The number of ether oxygens (including phenoxy) is 1. The molecular weight excluding hydrogens is 440 g/mol. The number of allylic oxidation sites excluding steroid dienone is 3. The van der Waals surface area contributed by atoms with E-state index in [0.717, 1.165) is 19.3 Å². The second-order valence-corrected chi connectivity index (χ2v) is 9.14. The Morgan fingerprint density at radius 3 is 2.03 bits per heavy atom. The van der Waals surface area contributed by atoms with Crippen LogP contribution in [0, 0.1) is 0 Å². The number of rotatable bonds is 23. The minimum absolute atomic E-state index is 0.0130. The molecule has 5 N–H and O–H groups in total. The number of guanidine groups is 1. The van der Waals surface area contributed by atoms with Crippen LogP contribution in [0.1, 0.15) is 117 Å². The lowest BCUT2D eigenvalue weighted by Gasteiger charge is -2.16. The molecule has 35 heavy (non-hydrogen) atoms. The molecular formula is C28H52N4O3. The average molecular weight is 493 g/mol. The minimum Gasteiger partial charge on any atom is -0.464 e. The summed E-state index contributed by atoms with van der Waals surface area (Å²) >= 11 is 0. The van der Waals surface area contributed by atoms with Gasteiger partial charge in [0, 0.05) is 12.6 Å². The van der Waals surface area contributed by atoms with E-state index in [4.69, 9.17) is 16.2 Å². The largest absolute Gasteiger partial charge is 0.464 e. The number of nitrogens with zero attached hydrogens (tertiary/aromatic N) is 1. The maximum atomic E-state index is 12.3. The molecule has 0 rings (SSSR count). The highest BCUT2D eigenvalue weighted by atomic mass is 16.5. The molecule has 0 fully saturated rings. The lowest BCUT2D eigenvalue weighted by Crippen LogP contribution is -2.41. The van der Waals surface area contributed by atoms with Crippen LogP contribution in [0.3, 0.4) is 0 Å². The summed E-state index contributed by atoms with van der Waals surface area (Å²) < 4.78 is 5.28. The second kappa shape index (κ2) is 24.8. The molecule has 0 radical (unpaired) electrons. The first-order valence-electron chi connectivity index (χ1n) is 13.9. The third-order valence-electron chi connectivity index (χ3n) is 5.76. The van der Waals surface area contributed by atoms with Gasteiger partial charge in [-0.1, -0.05) is 103 Å². The first kappa shape index (κ1) is 32.7. The van der Waals surface area contributed by atoms with Crippen molar-refractivity contribution in [2.24, 2.45) is 16.5 Å². The van der Waals surface area contributed by atoms with Gasteiger partial charge in [-0.2, -0.15) is 0 Å². The molecule has 1 amide bonds. The molecule has 0 unspecified atom stereocenters. The van der Waals surface area contributed by atoms with Gasteiger partial charge in [-0.15, -0.1) is 0 Å². The zero-order valence-corrected chi connectivity index (χ0v) is 22.4. The fourth-order valence-electron chi connectivity index (χ4n) is 3.63. The van der Waals surface area contributed by atoms with E-state index in [-0.39, 0.29) is 11.9 Å². The topological polar surface area (TPSA) is 120 Å². The third kappa shape index (κ3) is 23.2. The van der Waals surface area contributed by atoms with Crippen molar-refractivity contribution < 1.29 is 14.3 Å². The van der Waals surface area contributed by atoms with Gasteiger partial charge in [0.1, 0.15) is 6.04 Å². The number of carbonyl (C=O) groups excluding carboxylic acids is 2. The zero-order valence-electron chi connectivity index (χ0n) is 22.4. The number of amides is 1. The van der Waals surface area contributed by atoms with E-state index in [9.17, 15) is 9.59 Å². The van der Waals surface area contributed by atoms with E-state index in [1.165, 1.54) is 76.7 Å². The molecule has 0 aliphatic rings. The highest BCUT2D eigenvalue weighted by molar-refractivity contribution is 5.91. The Bertz CT molecular complexity index is 613. The van der Waals surface area contributed by atoms with Crippen LogP contribution >= 0.6 is 0 Å². The predicted octanol–water partition coefficient (Wildman–Crippen LogP) is 5.68. The van der Waals surface area contributed by atoms with Crippen molar-refractivity contribution in [1.82, 2.24) is 5.32 Å². The van der Waals surface area contributed by atoms with Crippen LogP contribution in [0.4, 0.5) is 0 Å². The van der Waals surface area contributed by atoms with Gasteiger partial charge in [-0.25, -0.2) is 4.79 Å². The summed E-state index contributed by atoms with van der Waals surface area (Å²) in [6, 6.07) is -0.710. The monoisotopic (exact) mass is 492 g/mol. The molecule has 0 aliphatic heterocycles. The molecule has 0 heterocycles. The number of nitrogens with two attached hydrogens (primary N) is 2.